The zero-order valence-corrected chi connectivity index (χ0v) is 30.4. The highest BCUT2D eigenvalue weighted by Crippen LogP contribution is 2.53. The molecule has 0 saturated heterocycles. The van der Waals surface area contributed by atoms with Gasteiger partial charge in [0.05, 0.1) is 22.4 Å². The summed E-state index contributed by atoms with van der Waals surface area (Å²) in [4.78, 5) is 48.2. The molecule has 0 spiro atoms. The summed E-state index contributed by atoms with van der Waals surface area (Å²) >= 11 is 0. The molecule has 0 aromatic carbocycles. The lowest BCUT2D eigenvalue weighted by molar-refractivity contribution is -0.550. The van der Waals surface area contributed by atoms with Gasteiger partial charge in [0.1, 0.15) is 0 Å². The first-order valence-corrected chi connectivity index (χ1v) is 17.2. The van der Waals surface area contributed by atoms with Crippen molar-refractivity contribution in [1.29, 1.82) is 0 Å². The molecule has 43 heavy (non-hydrogen) atoms. The first-order valence-electron chi connectivity index (χ1n) is 17.2. The lowest BCUT2D eigenvalue weighted by Crippen LogP contribution is -2.49. The van der Waals surface area contributed by atoms with E-state index in [1.165, 1.54) is 0 Å². The highest BCUT2D eigenvalue weighted by molar-refractivity contribution is 4.94. The number of hydrogen-bond acceptors (Lipinski definition) is 8. The van der Waals surface area contributed by atoms with E-state index in [1.54, 1.807) is 0 Å². The van der Waals surface area contributed by atoms with Gasteiger partial charge in [-0.15, -0.1) is 0 Å². The lowest BCUT2D eigenvalue weighted by atomic mass is 9.60. The molecule has 0 bridgehead atoms. The molecule has 0 atom stereocenters. The van der Waals surface area contributed by atoms with E-state index in [9.17, 15) is 0 Å². The van der Waals surface area contributed by atoms with Crippen molar-refractivity contribution in [3.8, 4) is 0 Å². The molecule has 8 heteroatoms. The minimum absolute atomic E-state index is 0.110. The van der Waals surface area contributed by atoms with Crippen molar-refractivity contribution >= 4 is 0 Å². The van der Waals surface area contributed by atoms with E-state index in [0.717, 1.165) is 51.4 Å². The standard InChI is InChI=1S/C35H68O8/c1-15-29(5,6)36-40-34(41-37-30(7,8)16-2)23-19-27(20-24-34)33(13,14)28-21-25-35(26-22-28,42-38-31(9,10)17-3)43-39-32(11,12)18-4/h27-28H,15-26H2,1-14H3. The fourth-order valence-corrected chi connectivity index (χ4v) is 5.29. The molecule has 2 rings (SSSR count). The van der Waals surface area contributed by atoms with Crippen molar-refractivity contribution in [3.05, 3.63) is 0 Å². The zero-order chi connectivity index (χ0) is 32.8. The van der Waals surface area contributed by atoms with Crippen LogP contribution < -0.4 is 0 Å². The largest absolute Gasteiger partial charge is 0.234 e. The van der Waals surface area contributed by atoms with Gasteiger partial charge in [-0.25, -0.2) is 19.6 Å². The van der Waals surface area contributed by atoms with Crippen molar-refractivity contribution in [2.24, 2.45) is 17.3 Å². The fourth-order valence-electron chi connectivity index (χ4n) is 5.29. The summed E-state index contributed by atoms with van der Waals surface area (Å²) in [6, 6.07) is 0. The number of rotatable bonds is 18. The van der Waals surface area contributed by atoms with Gasteiger partial charge in [0.15, 0.2) is 0 Å². The third-order valence-electron chi connectivity index (χ3n) is 10.7. The zero-order valence-electron chi connectivity index (χ0n) is 30.4. The molecular weight excluding hydrogens is 548 g/mol. The normalized spacial score (nSPS) is 21.3. The van der Waals surface area contributed by atoms with Gasteiger partial charge >= 0.3 is 0 Å². The van der Waals surface area contributed by atoms with Crippen LogP contribution in [0.5, 0.6) is 0 Å². The summed E-state index contributed by atoms with van der Waals surface area (Å²) in [5.41, 5.74) is -1.51. The first-order chi connectivity index (χ1) is 19.7. The fraction of sp³-hybridized carbons (Fsp3) is 1.00. The van der Waals surface area contributed by atoms with E-state index in [2.05, 4.69) is 41.5 Å². The van der Waals surface area contributed by atoms with Crippen LogP contribution in [-0.4, -0.2) is 34.0 Å². The smallest absolute Gasteiger partial charge is 0.228 e. The Labute approximate surface area is 264 Å². The molecule has 0 aromatic rings. The minimum atomic E-state index is -0.915. The molecule has 2 fully saturated rings. The summed E-state index contributed by atoms with van der Waals surface area (Å²) in [6.07, 6.45) is 10.0. The average molecular weight is 617 g/mol. The SMILES string of the molecule is CCC(C)(C)OOC1(OOC(C)(C)CC)CCC(C(C)(C)C2CCC(OOC(C)(C)CC)(OOC(C)(C)CC)CC2)CC1. The summed E-state index contributed by atoms with van der Waals surface area (Å²) in [6.45, 7) is 29.5. The van der Waals surface area contributed by atoms with Crippen molar-refractivity contribution < 1.29 is 39.1 Å². The van der Waals surface area contributed by atoms with Gasteiger partial charge in [0, 0.05) is 25.7 Å². The first kappa shape index (κ1) is 38.9. The van der Waals surface area contributed by atoms with Crippen molar-refractivity contribution in [3.63, 3.8) is 0 Å². The van der Waals surface area contributed by atoms with Gasteiger partial charge in [-0.3, -0.25) is 0 Å². The maximum Gasteiger partial charge on any atom is 0.234 e. The molecule has 0 heterocycles. The lowest BCUT2D eigenvalue weighted by Gasteiger charge is -2.50. The van der Waals surface area contributed by atoms with Gasteiger partial charge in [-0.05, 0) is 124 Å². The van der Waals surface area contributed by atoms with Crippen molar-refractivity contribution in [2.45, 2.75) is 208 Å². The summed E-state index contributed by atoms with van der Waals surface area (Å²) < 4.78 is 0. The van der Waals surface area contributed by atoms with Crippen LogP contribution in [0.4, 0.5) is 0 Å². The van der Waals surface area contributed by atoms with E-state index in [-0.39, 0.29) is 5.41 Å². The second-order valence-electron chi connectivity index (χ2n) is 16.3. The highest BCUT2D eigenvalue weighted by Gasteiger charge is 2.51. The molecule has 2 aliphatic rings. The predicted octanol–water partition coefficient (Wildman–Crippen LogP) is 10.3. The van der Waals surface area contributed by atoms with E-state index >= 15 is 0 Å². The Bertz CT molecular complexity index is 708. The highest BCUT2D eigenvalue weighted by atomic mass is 17.3. The van der Waals surface area contributed by atoms with E-state index in [1.807, 2.05) is 55.4 Å². The predicted molar refractivity (Wildman–Crippen MR) is 169 cm³/mol. The Morgan fingerprint density at radius 1 is 0.419 bits per heavy atom. The van der Waals surface area contributed by atoms with Crippen LogP contribution in [0.2, 0.25) is 0 Å². The van der Waals surface area contributed by atoms with Crippen LogP contribution in [0.3, 0.4) is 0 Å². The van der Waals surface area contributed by atoms with Crippen molar-refractivity contribution in [2.75, 3.05) is 0 Å². The molecule has 256 valence electrons. The summed E-state index contributed by atoms with van der Waals surface area (Å²) in [5, 5.41) is 0. The Hall–Kier alpha value is -0.320. The van der Waals surface area contributed by atoms with Gasteiger partial charge in [-0.2, -0.15) is 19.6 Å². The maximum atomic E-state index is 6.12. The van der Waals surface area contributed by atoms with E-state index in [4.69, 9.17) is 39.1 Å². The molecule has 2 aliphatic carbocycles. The van der Waals surface area contributed by atoms with Gasteiger partial charge in [0.2, 0.25) is 11.6 Å². The Morgan fingerprint density at radius 2 is 0.628 bits per heavy atom. The topological polar surface area (TPSA) is 73.8 Å². The van der Waals surface area contributed by atoms with Gasteiger partial charge in [0.25, 0.3) is 0 Å². The third kappa shape index (κ3) is 11.5. The molecular formula is C35H68O8. The van der Waals surface area contributed by atoms with Crippen LogP contribution in [-0.2, 0) is 39.1 Å². The van der Waals surface area contributed by atoms with E-state index < -0.39 is 34.0 Å². The molecule has 0 amide bonds. The molecule has 0 aliphatic heterocycles. The average Bonchev–Trinajstić information content (AvgIpc) is 2.98. The molecule has 0 N–H and O–H groups in total. The van der Waals surface area contributed by atoms with Crippen LogP contribution in [0, 0.1) is 17.3 Å². The molecule has 0 unspecified atom stereocenters. The van der Waals surface area contributed by atoms with Crippen LogP contribution in [0.15, 0.2) is 0 Å². The van der Waals surface area contributed by atoms with Gasteiger partial charge in [-0.1, -0.05) is 41.5 Å². The molecule has 2 saturated carbocycles. The molecule has 8 nitrogen and oxygen atoms in total. The summed E-state index contributed by atoms with van der Waals surface area (Å²) in [5.74, 6) is -0.809. The van der Waals surface area contributed by atoms with Gasteiger partial charge < -0.3 is 0 Å². The molecule has 0 aromatic heterocycles. The van der Waals surface area contributed by atoms with Crippen molar-refractivity contribution in [1.82, 2.24) is 0 Å². The van der Waals surface area contributed by atoms with Crippen LogP contribution in [0.1, 0.15) is 174 Å². The quantitative estimate of drug-likeness (QED) is 0.0855. The maximum absolute atomic E-state index is 6.12. The summed E-state index contributed by atoms with van der Waals surface area (Å²) in [7, 11) is 0. The second kappa shape index (κ2) is 15.1. The third-order valence-corrected chi connectivity index (χ3v) is 10.7. The Balaban J connectivity index is 2.11. The van der Waals surface area contributed by atoms with Crippen LogP contribution in [0.25, 0.3) is 0 Å². The minimum Gasteiger partial charge on any atom is -0.228 e. The molecule has 0 radical (unpaired) electrons. The monoisotopic (exact) mass is 616 g/mol. The second-order valence-corrected chi connectivity index (χ2v) is 16.3. The Kier molecular flexibility index (Phi) is 13.6. The van der Waals surface area contributed by atoms with E-state index in [0.29, 0.717) is 37.5 Å². The Morgan fingerprint density at radius 3 is 0.814 bits per heavy atom. The van der Waals surface area contributed by atoms with Crippen LogP contribution >= 0.6 is 0 Å². The number of hydrogen-bond donors (Lipinski definition) is 0.